The van der Waals surface area contributed by atoms with Gasteiger partial charge in [0.1, 0.15) is 16.5 Å². The Balaban J connectivity index is 1.60. The van der Waals surface area contributed by atoms with Crippen LogP contribution in [0.4, 0.5) is 4.39 Å². The molecule has 1 aliphatic heterocycles. The SMILES string of the molecule is CC(C)c1c(/C=c2\[nH]c(=O)/c(=C/c3cccc(F)c3)[nH]c2=O)ncn1CCCN1CCOCC1. The smallest absolute Gasteiger partial charge is 0.272 e. The average molecular weight is 468 g/mol. The van der Waals surface area contributed by atoms with Gasteiger partial charge in [-0.15, -0.1) is 0 Å². The van der Waals surface area contributed by atoms with Crippen LogP contribution in [0.15, 0.2) is 40.2 Å². The van der Waals surface area contributed by atoms with Crippen LogP contribution in [0, 0.1) is 5.82 Å². The lowest BCUT2D eigenvalue weighted by Crippen LogP contribution is -2.46. The van der Waals surface area contributed by atoms with E-state index in [2.05, 4.69) is 38.3 Å². The van der Waals surface area contributed by atoms with E-state index in [1.54, 1.807) is 24.5 Å². The van der Waals surface area contributed by atoms with Gasteiger partial charge in [-0.3, -0.25) is 14.5 Å². The highest BCUT2D eigenvalue weighted by atomic mass is 19.1. The van der Waals surface area contributed by atoms with Gasteiger partial charge in [0.15, 0.2) is 0 Å². The molecule has 1 aromatic carbocycles. The first-order valence-corrected chi connectivity index (χ1v) is 11.6. The number of aryl methyl sites for hydroxylation is 1. The zero-order valence-corrected chi connectivity index (χ0v) is 19.5. The van der Waals surface area contributed by atoms with Gasteiger partial charge in [-0.1, -0.05) is 26.0 Å². The van der Waals surface area contributed by atoms with Crippen LogP contribution in [-0.4, -0.2) is 57.3 Å². The summed E-state index contributed by atoms with van der Waals surface area (Å²) >= 11 is 0. The Morgan fingerprint density at radius 2 is 1.79 bits per heavy atom. The molecule has 34 heavy (non-hydrogen) atoms. The summed E-state index contributed by atoms with van der Waals surface area (Å²) in [4.78, 5) is 37.4. The number of ether oxygens (including phenoxy) is 1. The topological polar surface area (TPSA) is 96.0 Å². The van der Waals surface area contributed by atoms with Crippen molar-refractivity contribution in [1.29, 1.82) is 0 Å². The minimum absolute atomic E-state index is 0.0606. The van der Waals surface area contributed by atoms with Crippen molar-refractivity contribution in [2.75, 3.05) is 32.8 Å². The van der Waals surface area contributed by atoms with E-state index < -0.39 is 16.9 Å². The number of halogens is 1. The predicted octanol–water partition coefficient (Wildman–Crippen LogP) is 0.902. The lowest BCUT2D eigenvalue weighted by atomic mass is 10.1. The fraction of sp³-hybridized carbons (Fsp3) is 0.400. The Hall–Kier alpha value is -3.30. The molecule has 4 rings (SSSR count). The van der Waals surface area contributed by atoms with E-state index >= 15 is 0 Å². The molecule has 9 heteroatoms. The zero-order valence-electron chi connectivity index (χ0n) is 19.5. The van der Waals surface area contributed by atoms with Crippen LogP contribution in [0.25, 0.3) is 12.2 Å². The molecular weight excluding hydrogens is 437 g/mol. The Morgan fingerprint density at radius 1 is 1.09 bits per heavy atom. The molecule has 3 heterocycles. The summed E-state index contributed by atoms with van der Waals surface area (Å²) in [6.07, 6.45) is 5.83. The molecule has 1 fully saturated rings. The van der Waals surface area contributed by atoms with Gasteiger partial charge in [0.2, 0.25) is 0 Å². The van der Waals surface area contributed by atoms with E-state index in [0.29, 0.717) is 11.3 Å². The fourth-order valence-electron chi connectivity index (χ4n) is 4.21. The number of H-pyrrole nitrogens is 2. The largest absolute Gasteiger partial charge is 0.379 e. The van der Waals surface area contributed by atoms with E-state index in [-0.39, 0.29) is 16.6 Å². The average Bonchev–Trinajstić information content (AvgIpc) is 3.20. The third-order valence-electron chi connectivity index (χ3n) is 5.86. The lowest BCUT2D eigenvalue weighted by molar-refractivity contribution is 0.0369. The van der Waals surface area contributed by atoms with Crippen LogP contribution in [0.3, 0.4) is 0 Å². The summed E-state index contributed by atoms with van der Waals surface area (Å²) in [7, 11) is 0. The molecule has 1 saturated heterocycles. The predicted molar refractivity (Wildman–Crippen MR) is 129 cm³/mol. The summed E-state index contributed by atoms with van der Waals surface area (Å²) in [6.45, 7) is 9.47. The molecule has 180 valence electrons. The molecule has 0 bridgehead atoms. The van der Waals surface area contributed by atoms with Crippen molar-refractivity contribution in [2.45, 2.75) is 32.7 Å². The number of morpholine rings is 1. The van der Waals surface area contributed by atoms with Crippen LogP contribution in [-0.2, 0) is 11.3 Å². The van der Waals surface area contributed by atoms with Gasteiger partial charge in [0.05, 0.1) is 25.2 Å². The van der Waals surface area contributed by atoms with E-state index in [1.807, 2.05) is 0 Å². The van der Waals surface area contributed by atoms with Crippen molar-refractivity contribution >= 4 is 12.2 Å². The van der Waals surface area contributed by atoms with Gasteiger partial charge >= 0.3 is 0 Å². The Morgan fingerprint density at radius 3 is 2.47 bits per heavy atom. The zero-order chi connectivity index (χ0) is 24.1. The number of aromatic nitrogens is 4. The first-order valence-electron chi connectivity index (χ1n) is 11.6. The molecular formula is C25H30FN5O3. The van der Waals surface area contributed by atoms with Crippen molar-refractivity contribution < 1.29 is 9.13 Å². The number of nitrogens with one attached hydrogen (secondary N) is 2. The minimum atomic E-state index is -0.467. The van der Waals surface area contributed by atoms with Gasteiger partial charge in [-0.2, -0.15) is 0 Å². The van der Waals surface area contributed by atoms with Gasteiger partial charge in [-0.05, 0) is 42.2 Å². The highest BCUT2D eigenvalue weighted by Gasteiger charge is 2.14. The number of hydrogen-bond donors (Lipinski definition) is 2. The molecule has 3 aromatic rings. The van der Waals surface area contributed by atoms with E-state index in [0.717, 1.165) is 51.5 Å². The van der Waals surface area contributed by atoms with Crippen molar-refractivity contribution in [3.05, 3.63) is 84.8 Å². The summed E-state index contributed by atoms with van der Waals surface area (Å²) in [6, 6.07) is 5.80. The van der Waals surface area contributed by atoms with Gasteiger partial charge in [0.25, 0.3) is 11.1 Å². The molecule has 1 aliphatic rings. The van der Waals surface area contributed by atoms with Crippen LogP contribution >= 0.6 is 0 Å². The number of aromatic amines is 2. The first-order chi connectivity index (χ1) is 16.4. The molecule has 2 aromatic heterocycles. The van der Waals surface area contributed by atoms with E-state index in [1.165, 1.54) is 18.2 Å². The van der Waals surface area contributed by atoms with E-state index in [4.69, 9.17) is 4.74 Å². The molecule has 0 aliphatic carbocycles. The molecule has 2 N–H and O–H groups in total. The Bertz CT molecular complexity index is 1370. The van der Waals surface area contributed by atoms with Crippen LogP contribution in [0.1, 0.15) is 43.1 Å². The summed E-state index contributed by atoms with van der Waals surface area (Å²) in [5, 5.41) is 0.187. The molecule has 0 unspecified atom stereocenters. The third-order valence-corrected chi connectivity index (χ3v) is 5.86. The van der Waals surface area contributed by atoms with Gasteiger partial charge in [0, 0.05) is 31.9 Å². The summed E-state index contributed by atoms with van der Waals surface area (Å²) < 4.78 is 21.0. The third kappa shape index (κ3) is 5.78. The maximum absolute atomic E-state index is 13.4. The normalized spacial score (nSPS) is 16.0. The lowest BCUT2D eigenvalue weighted by Gasteiger charge is -2.26. The van der Waals surface area contributed by atoms with Crippen molar-refractivity contribution in [2.24, 2.45) is 0 Å². The number of benzene rings is 1. The molecule has 0 radical (unpaired) electrons. The van der Waals surface area contributed by atoms with Gasteiger partial charge < -0.3 is 19.3 Å². The minimum Gasteiger partial charge on any atom is -0.379 e. The van der Waals surface area contributed by atoms with Crippen molar-refractivity contribution in [1.82, 2.24) is 24.4 Å². The molecule has 0 saturated carbocycles. The summed E-state index contributed by atoms with van der Waals surface area (Å²) in [5.74, 6) is -0.234. The fourth-order valence-corrected chi connectivity index (χ4v) is 4.21. The highest BCUT2D eigenvalue weighted by Crippen LogP contribution is 2.20. The van der Waals surface area contributed by atoms with E-state index in [9.17, 15) is 14.0 Å². The number of hydrogen-bond acceptors (Lipinski definition) is 5. The standard InChI is InChI=1S/C25H30FN5O3/c1-17(2)23-20(27-16-31(23)8-4-7-30-9-11-34-12-10-30)15-22-25(33)28-21(24(32)29-22)14-18-5-3-6-19(26)13-18/h3,5-6,13-17H,4,7-12H2,1-2H3,(H,28,33)(H,29,32)/b21-14-,22-15-. The maximum Gasteiger partial charge on any atom is 0.272 e. The van der Waals surface area contributed by atoms with Crippen LogP contribution in [0.5, 0.6) is 0 Å². The Labute approximate surface area is 196 Å². The van der Waals surface area contributed by atoms with Crippen molar-refractivity contribution in [3.63, 3.8) is 0 Å². The molecule has 0 atom stereocenters. The number of rotatable bonds is 7. The molecule has 0 spiro atoms. The molecule has 8 nitrogen and oxygen atoms in total. The Kier molecular flexibility index (Phi) is 7.54. The maximum atomic E-state index is 13.4. The molecule has 0 amide bonds. The van der Waals surface area contributed by atoms with Gasteiger partial charge in [-0.25, -0.2) is 9.37 Å². The quantitative estimate of drug-likeness (QED) is 0.538. The second-order valence-electron chi connectivity index (χ2n) is 8.75. The van der Waals surface area contributed by atoms with Crippen LogP contribution in [0.2, 0.25) is 0 Å². The highest BCUT2D eigenvalue weighted by molar-refractivity contribution is 5.49. The monoisotopic (exact) mass is 467 g/mol. The first kappa shape index (κ1) is 23.8. The number of nitrogens with zero attached hydrogens (tertiary/aromatic N) is 3. The number of imidazole rings is 1. The second kappa shape index (κ2) is 10.8. The summed E-state index contributed by atoms with van der Waals surface area (Å²) in [5.41, 5.74) is 1.24. The van der Waals surface area contributed by atoms with Crippen LogP contribution < -0.4 is 21.8 Å². The second-order valence-corrected chi connectivity index (χ2v) is 8.75. The van der Waals surface area contributed by atoms with Crippen molar-refractivity contribution in [3.8, 4) is 0 Å².